The fraction of sp³-hybridized carbons (Fsp3) is 0.261. The summed E-state index contributed by atoms with van der Waals surface area (Å²) in [7, 11) is 0. The number of carbonyl (C=O) groups excluding carboxylic acids is 3. The van der Waals surface area contributed by atoms with Gasteiger partial charge in [-0.15, -0.1) is 0 Å². The molecule has 0 aromatic heterocycles. The predicted octanol–water partition coefficient (Wildman–Crippen LogP) is 4.64. The van der Waals surface area contributed by atoms with Gasteiger partial charge in [-0.3, -0.25) is 9.59 Å². The molecule has 0 fully saturated rings. The molecule has 0 bridgehead atoms. The summed E-state index contributed by atoms with van der Waals surface area (Å²) >= 11 is 6.20. The number of halogens is 1. The zero-order valence-electron chi connectivity index (χ0n) is 16.9. The molecule has 0 saturated carbocycles. The van der Waals surface area contributed by atoms with E-state index in [-0.39, 0.29) is 28.6 Å². The Bertz CT molecular complexity index is 999. The Balaban J connectivity index is 1.85. The van der Waals surface area contributed by atoms with E-state index in [1.165, 1.54) is 17.7 Å². The van der Waals surface area contributed by atoms with Gasteiger partial charge in [0.05, 0.1) is 17.9 Å². The molecule has 2 aromatic rings. The number of imide groups is 1. The Kier molecular flexibility index (Phi) is 6.90. The highest BCUT2D eigenvalue weighted by molar-refractivity contribution is 6.53. The van der Waals surface area contributed by atoms with Crippen LogP contribution in [0, 0.1) is 0 Å². The Morgan fingerprint density at radius 2 is 1.73 bits per heavy atom. The van der Waals surface area contributed by atoms with E-state index in [0.29, 0.717) is 5.69 Å². The molecule has 0 radical (unpaired) electrons. The maximum Gasteiger partial charge on any atom is 0.340 e. The third-order valence-electron chi connectivity index (χ3n) is 4.71. The number of hydrogen-bond donors (Lipinski definition) is 1. The molecular weight excluding hydrogens is 404 g/mol. The van der Waals surface area contributed by atoms with Crippen LogP contribution in [-0.4, -0.2) is 24.4 Å². The number of ether oxygens (including phenoxy) is 1. The highest BCUT2D eigenvalue weighted by Gasteiger charge is 2.40. The van der Waals surface area contributed by atoms with Crippen LogP contribution in [0.1, 0.15) is 42.6 Å². The molecule has 0 unspecified atom stereocenters. The van der Waals surface area contributed by atoms with Crippen LogP contribution in [0.25, 0.3) is 0 Å². The molecular formula is C23H23ClN2O4. The Labute approximate surface area is 180 Å². The minimum absolute atomic E-state index is 0.0263. The van der Waals surface area contributed by atoms with Crippen LogP contribution < -0.4 is 10.2 Å². The van der Waals surface area contributed by atoms with Crippen LogP contribution in [0.2, 0.25) is 0 Å². The van der Waals surface area contributed by atoms with Crippen molar-refractivity contribution < 1.29 is 19.1 Å². The summed E-state index contributed by atoms with van der Waals surface area (Å²) in [5.41, 5.74) is 2.07. The zero-order chi connectivity index (χ0) is 21.7. The van der Waals surface area contributed by atoms with Crippen LogP contribution in [0.3, 0.4) is 0 Å². The molecule has 1 aliphatic rings. The van der Waals surface area contributed by atoms with Gasteiger partial charge in [-0.1, -0.05) is 49.2 Å². The number of nitrogens with zero attached hydrogens (tertiary/aromatic N) is 1. The summed E-state index contributed by atoms with van der Waals surface area (Å²) in [6.45, 7) is 3.99. The van der Waals surface area contributed by atoms with Crippen molar-refractivity contribution in [1.82, 2.24) is 0 Å². The van der Waals surface area contributed by atoms with Crippen molar-refractivity contribution in [1.29, 1.82) is 0 Å². The van der Waals surface area contributed by atoms with Gasteiger partial charge >= 0.3 is 5.97 Å². The fourth-order valence-electron chi connectivity index (χ4n) is 3.16. The van der Waals surface area contributed by atoms with Crippen LogP contribution in [0.5, 0.6) is 0 Å². The molecule has 6 nitrogen and oxygen atoms in total. The van der Waals surface area contributed by atoms with E-state index >= 15 is 0 Å². The Morgan fingerprint density at radius 1 is 1.03 bits per heavy atom. The summed E-state index contributed by atoms with van der Waals surface area (Å²) in [6.07, 6.45) is 3.20. The average Bonchev–Trinajstić information content (AvgIpc) is 2.96. The summed E-state index contributed by atoms with van der Waals surface area (Å²) in [5, 5.41) is 2.72. The second-order valence-corrected chi connectivity index (χ2v) is 7.18. The third kappa shape index (κ3) is 4.39. The number of para-hydroxylation sites is 1. The lowest BCUT2D eigenvalue weighted by atomic mass is 10.1. The van der Waals surface area contributed by atoms with Crippen molar-refractivity contribution in [3.05, 3.63) is 70.4 Å². The lowest BCUT2D eigenvalue weighted by Gasteiger charge is -2.18. The van der Waals surface area contributed by atoms with Gasteiger partial charge in [-0.2, -0.15) is 0 Å². The maximum atomic E-state index is 13.0. The summed E-state index contributed by atoms with van der Waals surface area (Å²) in [5.74, 6) is -1.94. The van der Waals surface area contributed by atoms with Gasteiger partial charge in [0, 0.05) is 5.69 Å². The molecule has 2 amide bonds. The van der Waals surface area contributed by atoms with E-state index in [1.807, 2.05) is 24.3 Å². The number of nitrogens with one attached hydrogen (secondary N) is 1. The van der Waals surface area contributed by atoms with Gasteiger partial charge in [-0.25, -0.2) is 9.69 Å². The molecule has 3 rings (SSSR count). The standard InChI is InChI=1S/C23H23ClN2O4/c1-3-5-8-15-11-13-16(14-12-15)25-20-19(24)21(27)26(22(20)28)18-10-7-6-9-17(18)23(29)30-4-2/h6-7,9-14,25H,3-5,8H2,1-2H3. The monoisotopic (exact) mass is 426 g/mol. The highest BCUT2D eigenvalue weighted by atomic mass is 35.5. The lowest BCUT2D eigenvalue weighted by molar-refractivity contribution is -0.120. The smallest absolute Gasteiger partial charge is 0.340 e. The first-order valence-electron chi connectivity index (χ1n) is 9.88. The SMILES string of the molecule is CCCCc1ccc(NC2=C(Cl)C(=O)N(c3ccccc3C(=O)OCC)C2=O)cc1. The van der Waals surface area contributed by atoms with Crippen LogP contribution in [0.15, 0.2) is 59.3 Å². The first kappa shape index (κ1) is 21.6. The number of benzene rings is 2. The van der Waals surface area contributed by atoms with Crippen molar-refractivity contribution in [3.8, 4) is 0 Å². The van der Waals surface area contributed by atoms with Gasteiger partial charge in [0.2, 0.25) is 0 Å². The van der Waals surface area contributed by atoms with E-state index in [9.17, 15) is 14.4 Å². The predicted molar refractivity (Wildman–Crippen MR) is 116 cm³/mol. The van der Waals surface area contributed by atoms with E-state index in [1.54, 1.807) is 19.1 Å². The first-order valence-corrected chi connectivity index (χ1v) is 10.3. The molecule has 1 heterocycles. The number of rotatable bonds is 8. The maximum absolute atomic E-state index is 13.0. The third-order valence-corrected chi connectivity index (χ3v) is 5.06. The lowest BCUT2D eigenvalue weighted by Crippen LogP contribution is -2.33. The number of carbonyl (C=O) groups is 3. The molecule has 156 valence electrons. The first-order chi connectivity index (χ1) is 14.5. The van der Waals surface area contributed by atoms with Gasteiger partial charge in [0.1, 0.15) is 10.7 Å². The number of hydrogen-bond acceptors (Lipinski definition) is 5. The van der Waals surface area contributed by atoms with Gasteiger partial charge in [0.25, 0.3) is 11.8 Å². The van der Waals surface area contributed by atoms with E-state index in [0.717, 1.165) is 24.2 Å². The summed E-state index contributed by atoms with van der Waals surface area (Å²) in [6, 6.07) is 13.9. The van der Waals surface area contributed by atoms with Crippen LogP contribution >= 0.6 is 11.6 Å². The number of aryl methyl sites for hydroxylation is 1. The molecule has 1 aliphatic heterocycles. The number of unbranched alkanes of at least 4 members (excludes halogenated alkanes) is 1. The molecule has 7 heteroatoms. The van der Waals surface area contributed by atoms with Crippen molar-refractivity contribution >= 4 is 40.8 Å². The summed E-state index contributed by atoms with van der Waals surface area (Å²) < 4.78 is 5.04. The number of amides is 2. The van der Waals surface area contributed by atoms with Crippen molar-refractivity contribution in [3.63, 3.8) is 0 Å². The molecule has 2 aromatic carbocycles. The molecule has 0 aliphatic carbocycles. The summed E-state index contributed by atoms with van der Waals surface area (Å²) in [4.78, 5) is 38.9. The largest absolute Gasteiger partial charge is 0.462 e. The quantitative estimate of drug-likeness (QED) is 0.491. The van der Waals surface area contributed by atoms with Crippen molar-refractivity contribution in [2.75, 3.05) is 16.8 Å². The average molecular weight is 427 g/mol. The fourth-order valence-corrected chi connectivity index (χ4v) is 3.37. The minimum Gasteiger partial charge on any atom is -0.462 e. The van der Waals surface area contributed by atoms with Gasteiger partial charge < -0.3 is 10.1 Å². The molecule has 0 atom stereocenters. The number of esters is 1. The second-order valence-electron chi connectivity index (χ2n) is 6.80. The Hall–Kier alpha value is -3.12. The van der Waals surface area contributed by atoms with Gasteiger partial charge in [-0.05, 0) is 49.6 Å². The van der Waals surface area contributed by atoms with E-state index in [2.05, 4.69) is 12.2 Å². The van der Waals surface area contributed by atoms with E-state index in [4.69, 9.17) is 16.3 Å². The topological polar surface area (TPSA) is 75.7 Å². The van der Waals surface area contributed by atoms with Gasteiger partial charge in [0.15, 0.2) is 0 Å². The normalized spacial score (nSPS) is 13.8. The molecule has 0 saturated heterocycles. The molecule has 30 heavy (non-hydrogen) atoms. The Morgan fingerprint density at radius 3 is 2.40 bits per heavy atom. The minimum atomic E-state index is -0.694. The van der Waals surface area contributed by atoms with Crippen LogP contribution in [0.4, 0.5) is 11.4 Å². The van der Waals surface area contributed by atoms with E-state index < -0.39 is 17.8 Å². The van der Waals surface area contributed by atoms with Crippen molar-refractivity contribution in [2.24, 2.45) is 0 Å². The molecule has 0 spiro atoms. The second kappa shape index (κ2) is 9.59. The zero-order valence-corrected chi connectivity index (χ0v) is 17.7. The number of anilines is 2. The molecule has 1 N–H and O–H groups in total. The highest BCUT2D eigenvalue weighted by Crippen LogP contribution is 2.32. The van der Waals surface area contributed by atoms with Crippen LogP contribution in [-0.2, 0) is 20.7 Å². The van der Waals surface area contributed by atoms with Crippen molar-refractivity contribution in [2.45, 2.75) is 33.1 Å².